The van der Waals surface area contributed by atoms with E-state index in [1.807, 2.05) is 26.0 Å². The highest BCUT2D eigenvalue weighted by atomic mass is 16.5. The summed E-state index contributed by atoms with van der Waals surface area (Å²) < 4.78 is 5.59. The zero-order valence-corrected chi connectivity index (χ0v) is 15.1. The second kappa shape index (κ2) is 7.69. The van der Waals surface area contributed by atoms with E-state index in [0.29, 0.717) is 25.1 Å². The van der Waals surface area contributed by atoms with E-state index in [2.05, 4.69) is 12.2 Å². The van der Waals surface area contributed by atoms with Crippen molar-refractivity contribution in [3.05, 3.63) is 24.3 Å². The molecule has 1 N–H and O–H groups in total. The fourth-order valence-electron chi connectivity index (χ4n) is 2.66. The number of nitrogens with one attached hydrogen (secondary N) is 1. The maximum absolute atomic E-state index is 12.6. The first-order valence-electron chi connectivity index (χ1n) is 8.73. The SMILES string of the molecule is CCCCN(C)C(=O)C1(C(=O)Nc2ccc(OC(C)C)cc2)CC1. The summed E-state index contributed by atoms with van der Waals surface area (Å²) in [7, 11) is 1.78. The van der Waals surface area contributed by atoms with Crippen molar-refractivity contribution in [1.82, 2.24) is 4.90 Å². The normalized spacial score (nSPS) is 15.0. The van der Waals surface area contributed by atoms with E-state index in [9.17, 15) is 9.59 Å². The molecule has 1 fully saturated rings. The van der Waals surface area contributed by atoms with Crippen LogP contribution in [-0.4, -0.2) is 36.4 Å². The van der Waals surface area contributed by atoms with Crippen molar-refractivity contribution >= 4 is 17.5 Å². The molecule has 24 heavy (non-hydrogen) atoms. The van der Waals surface area contributed by atoms with Crippen LogP contribution in [0.15, 0.2) is 24.3 Å². The molecule has 132 valence electrons. The second-order valence-corrected chi connectivity index (χ2v) is 6.81. The molecule has 1 aliphatic rings. The highest BCUT2D eigenvalue weighted by molar-refractivity contribution is 6.12. The van der Waals surface area contributed by atoms with Crippen LogP contribution in [0, 0.1) is 5.41 Å². The molecule has 0 bridgehead atoms. The minimum Gasteiger partial charge on any atom is -0.491 e. The summed E-state index contributed by atoms with van der Waals surface area (Å²) in [5.41, 5.74) is -0.179. The summed E-state index contributed by atoms with van der Waals surface area (Å²) in [6.45, 7) is 6.72. The van der Waals surface area contributed by atoms with E-state index in [1.165, 1.54) is 0 Å². The molecule has 1 saturated carbocycles. The standard InChI is InChI=1S/C19H28N2O3/c1-5-6-13-21(4)18(23)19(11-12-19)17(22)20-15-7-9-16(10-8-15)24-14(2)3/h7-10,14H,5-6,11-13H2,1-4H3,(H,20,22). The molecule has 2 rings (SSSR count). The molecule has 5 heteroatoms. The van der Waals surface area contributed by atoms with Crippen molar-refractivity contribution in [3.63, 3.8) is 0 Å². The molecule has 0 atom stereocenters. The van der Waals surface area contributed by atoms with Gasteiger partial charge in [0, 0.05) is 19.3 Å². The first kappa shape index (κ1) is 18.3. The lowest BCUT2D eigenvalue weighted by Gasteiger charge is -2.23. The van der Waals surface area contributed by atoms with Crippen LogP contribution in [0.4, 0.5) is 5.69 Å². The van der Waals surface area contributed by atoms with Gasteiger partial charge in [0.1, 0.15) is 11.2 Å². The molecule has 5 nitrogen and oxygen atoms in total. The lowest BCUT2D eigenvalue weighted by atomic mass is 10.0. The van der Waals surface area contributed by atoms with Gasteiger partial charge in [-0.25, -0.2) is 0 Å². The van der Waals surface area contributed by atoms with Gasteiger partial charge in [0.25, 0.3) is 0 Å². The first-order valence-corrected chi connectivity index (χ1v) is 8.73. The smallest absolute Gasteiger partial charge is 0.240 e. The number of unbranched alkanes of at least 4 members (excludes halogenated alkanes) is 1. The van der Waals surface area contributed by atoms with Crippen LogP contribution in [0.2, 0.25) is 0 Å². The van der Waals surface area contributed by atoms with E-state index in [-0.39, 0.29) is 17.9 Å². The van der Waals surface area contributed by atoms with Crippen molar-refractivity contribution in [2.45, 2.75) is 52.6 Å². The Kier molecular flexibility index (Phi) is 5.86. The molecule has 1 aromatic rings. The van der Waals surface area contributed by atoms with E-state index < -0.39 is 5.41 Å². The van der Waals surface area contributed by atoms with Crippen molar-refractivity contribution < 1.29 is 14.3 Å². The molecule has 0 aromatic heterocycles. The number of carbonyl (C=O) groups excluding carboxylic acids is 2. The van der Waals surface area contributed by atoms with E-state index in [1.54, 1.807) is 24.1 Å². The van der Waals surface area contributed by atoms with Crippen molar-refractivity contribution in [1.29, 1.82) is 0 Å². The summed E-state index contributed by atoms with van der Waals surface area (Å²) in [6, 6.07) is 7.25. The average Bonchev–Trinajstić information content (AvgIpc) is 3.35. The lowest BCUT2D eigenvalue weighted by molar-refractivity contribution is -0.141. The summed E-state index contributed by atoms with van der Waals surface area (Å²) in [4.78, 5) is 26.9. The molecule has 0 spiro atoms. The number of amides is 2. The van der Waals surface area contributed by atoms with Crippen LogP contribution in [-0.2, 0) is 9.59 Å². The maximum atomic E-state index is 12.6. The van der Waals surface area contributed by atoms with E-state index >= 15 is 0 Å². The van der Waals surface area contributed by atoms with Gasteiger partial charge in [-0.3, -0.25) is 9.59 Å². The van der Waals surface area contributed by atoms with Gasteiger partial charge < -0.3 is 15.0 Å². The number of benzene rings is 1. The van der Waals surface area contributed by atoms with Crippen molar-refractivity contribution in [2.75, 3.05) is 18.9 Å². The number of ether oxygens (including phenoxy) is 1. The van der Waals surface area contributed by atoms with E-state index in [0.717, 1.165) is 18.6 Å². The molecule has 0 heterocycles. The average molecular weight is 332 g/mol. The van der Waals surface area contributed by atoms with Gasteiger partial charge in [-0.2, -0.15) is 0 Å². The lowest BCUT2D eigenvalue weighted by Crippen LogP contribution is -2.41. The molecule has 0 radical (unpaired) electrons. The summed E-state index contributed by atoms with van der Waals surface area (Å²) in [5, 5.41) is 2.88. The number of anilines is 1. The van der Waals surface area contributed by atoms with Gasteiger partial charge in [-0.05, 0) is 57.4 Å². The van der Waals surface area contributed by atoms with Gasteiger partial charge in [-0.1, -0.05) is 13.3 Å². The number of carbonyl (C=O) groups is 2. The quantitative estimate of drug-likeness (QED) is 0.742. The zero-order valence-electron chi connectivity index (χ0n) is 15.1. The Morgan fingerprint density at radius 2 is 1.88 bits per heavy atom. The molecule has 2 amide bonds. The van der Waals surface area contributed by atoms with E-state index in [4.69, 9.17) is 4.74 Å². The fraction of sp³-hybridized carbons (Fsp3) is 0.579. The third-order valence-corrected chi connectivity index (χ3v) is 4.27. The molecule has 0 unspecified atom stereocenters. The minimum absolute atomic E-state index is 0.0618. The van der Waals surface area contributed by atoms with Crippen LogP contribution < -0.4 is 10.1 Å². The van der Waals surface area contributed by atoms with Gasteiger partial charge >= 0.3 is 0 Å². The van der Waals surface area contributed by atoms with Crippen LogP contribution >= 0.6 is 0 Å². The second-order valence-electron chi connectivity index (χ2n) is 6.81. The van der Waals surface area contributed by atoms with Crippen LogP contribution in [0.25, 0.3) is 0 Å². The Morgan fingerprint density at radius 3 is 2.38 bits per heavy atom. The van der Waals surface area contributed by atoms with Crippen LogP contribution in [0.3, 0.4) is 0 Å². The third kappa shape index (κ3) is 4.28. The summed E-state index contributed by atoms with van der Waals surface area (Å²) in [5.74, 6) is 0.501. The van der Waals surface area contributed by atoms with Gasteiger partial charge in [-0.15, -0.1) is 0 Å². The molecular weight excluding hydrogens is 304 g/mol. The van der Waals surface area contributed by atoms with Crippen LogP contribution in [0.1, 0.15) is 46.5 Å². The largest absolute Gasteiger partial charge is 0.491 e. The van der Waals surface area contributed by atoms with Gasteiger partial charge in [0.15, 0.2) is 0 Å². The molecule has 0 saturated heterocycles. The van der Waals surface area contributed by atoms with Crippen molar-refractivity contribution in [3.8, 4) is 5.75 Å². The highest BCUT2D eigenvalue weighted by Gasteiger charge is 2.57. The molecule has 1 aromatic carbocycles. The number of hydrogen-bond donors (Lipinski definition) is 1. The number of hydrogen-bond acceptors (Lipinski definition) is 3. The zero-order chi connectivity index (χ0) is 17.7. The fourth-order valence-corrected chi connectivity index (χ4v) is 2.66. The number of rotatable bonds is 8. The van der Waals surface area contributed by atoms with Crippen LogP contribution in [0.5, 0.6) is 5.75 Å². The minimum atomic E-state index is -0.865. The Balaban J connectivity index is 1.97. The summed E-state index contributed by atoms with van der Waals surface area (Å²) >= 11 is 0. The Bertz CT molecular complexity index is 577. The highest BCUT2D eigenvalue weighted by Crippen LogP contribution is 2.48. The molecular formula is C19H28N2O3. The predicted molar refractivity (Wildman–Crippen MR) is 95.0 cm³/mol. The molecule has 0 aliphatic heterocycles. The Labute approximate surface area is 144 Å². The third-order valence-electron chi connectivity index (χ3n) is 4.27. The topological polar surface area (TPSA) is 58.6 Å². The predicted octanol–water partition coefficient (Wildman–Crippen LogP) is 3.45. The van der Waals surface area contributed by atoms with Crippen molar-refractivity contribution in [2.24, 2.45) is 5.41 Å². The Hall–Kier alpha value is -2.04. The summed E-state index contributed by atoms with van der Waals surface area (Å²) in [6.07, 6.45) is 3.35. The molecule has 1 aliphatic carbocycles. The monoisotopic (exact) mass is 332 g/mol. The number of nitrogens with zero attached hydrogens (tertiary/aromatic N) is 1. The van der Waals surface area contributed by atoms with Gasteiger partial charge in [0.05, 0.1) is 6.10 Å². The Morgan fingerprint density at radius 1 is 1.25 bits per heavy atom. The first-order chi connectivity index (χ1) is 11.4. The van der Waals surface area contributed by atoms with Gasteiger partial charge in [0.2, 0.25) is 11.8 Å². The maximum Gasteiger partial charge on any atom is 0.240 e.